The van der Waals surface area contributed by atoms with Gasteiger partial charge in [0.15, 0.2) is 5.82 Å². The topological polar surface area (TPSA) is 70.9 Å². The first kappa shape index (κ1) is 16.6. The number of aryl methyl sites for hydroxylation is 1. The Balaban J connectivity index is 1.96. The van der Waals surface area contributed by atoms with E-state index in [9.17, 15) is 5.11 Å². The van der Waals surface area contributed by atoms with Crippen LogP contribution in [0, 0.1) is 6.92 Å². The van der Waals surface area contributed by atoms with Crippen LogP contribution < -0.4 is 5.32 Å². The molecule has 0 aliphatic rings. The number of hydrogen-bond donors (Lipinski definition) is 2. The fraction of sp³-hybridized carbons (Fsp3) is 0.150. The van der Waals surface area contributed by atoms with E-state index in [1.807, 2.05) is 36.4 Å². The van der Waals surface area contributed by atoms with Crippen molar-refractivity contribution in [3.63, 3.8) is 0 Å². The zero-order valence-electron chi connectivity index (χ0n) is 14.3. The van der Waals surface area contributed by atoms with Gasteiger partial charge in [0.2, 0.25) is 0 Å². The molecule has 0 saturated carbocycles. The Morgan fingerprint density at radius 3 is 2.58 bits per heavy atom. The first-order valence-corrected chi connectivity index (χ1v) is 9.22. The number of hydrogen-bond acceptors (Lipinski definition) is 6. The number of nitrogens with one attached hydrogen (secondary N) is 1. The second-order valence-corrected chi connectivity index (χ2v) is 7.04. The third-order valence-corrected chi connectivity index (χ3v) is 5.09. The van der Waals surface area contributed by atoms with Crippen molar-refractivity contribution in [2.45, 2.75) is 6.92 Å². The Bertz CT molecular complexity index is 1030. The predicted octanol–water partition coefficient (Wildman–Crippen LogP) is 4.13. The molecule has 0 spiro atoms. The van der Waals surface area contributed by atoms with Crippen molar-refractivity contribution in [2.75, 3.05) is 18.5 Å². The lowest BCUT2D eigenvalue weighted by molar-refractivity contribution is 0.311. The lowest BCUT2D eigenvalue weighted by atomic mass is 10.0. The van der Waals surface area contributed by atoms with E-state index in [1.165, 1.54) is 4.88 Å². The first-order chi connectivity index (χ1) is 12.8. The minimum atomic E-state index is 0.0359. The zero-order valence-corrected chi connectivity index (χ0v) is 15.1. The Morgan fingerprint density at radius 1 is 1.04 bits per heavy atom. The monoisotopic (exact) mass is 362 g/mol. The van der Waals surface area contributed by atoms with E-state index in [4.69, 9.17) is 9.97 Å². The van der Waals surface area contributed by atoms with Gasteiger partial charge in [-0.1, -0.05) is 36.4 Å². The molecule has 0 unspecified atom stereocenters. The number of aliphatic hydroxyl groups excluding tert-OH is 1. The molecule has 130 valence electrons. The zero-order chi connectivity index (χ0) is 17.9. The SMILES string of the molecule is Cc1sc2nc(-c3ccccn3)nc(NCCO)c2c1-c1ccccc1. The molecule has 26 heavy (non-hydrogen) atoms. The molecule has 2 N–H and O–H groups in total. The summed E-state index contributed by atoms with van der Waals surface area (Å²) >= 11 is 1.65. The van der Waals surface area contributed by atoms with Crippen molar-refractivity contribution >= 4 is 27.4 Å². The molecule has 0 radical (unpaired) electrons. The molecular weight excluding hydrogens is 344 g/mol. The lowest BCUT2D eigenvalue weighted by Gasteiger charge is -2.10. The maximum Gasteiger partial charge on any atom is 0.181 e. The van der Waals surface area contributed by atoms with E-state index in [0.29, 0.717) is 12.4 Å². The van der Waals surface area contributed by atoms with Gasteiger partial charge >= 0.3 is 0 Å². The second-order valence-electron chi connectivity index (χ2n) is 5.84. The molecule has 0 fully saturated rings. The summed E-state index contributed by atoms with van der Waals surface area (Å²) < 4.78 is 0. The van der Waals surface area contributed by atoms with Crippen molar-refractivity contribution in [3.8, 4) is 22.6 Å². The summed E-state index contributed by atoms with van der Waals surface area (Å²) in [5, 5.41) is 13.5. The van der Waals surface area contributed by atoms with E-state index >= 15 is 0 Å². The third-order valence-electron chi connectivity index (χ3n) is 4.09. The summed E-state index contributed by atoms with van der Waals surface area (Å²) in [6.07, 6.45) is 1.73. The summed E-state index contributed by atoms with van der Waals surface area (Å²) in [4.78, 5) is 15.9. The highest BCUT2D eigenvalue weighted by Crippen LogP contribution is 2.41. The average Bonchev–Trinajstić information content (AvgIpc) is 3.03. The van der Waals surface area contributed by atoms with Crippen LogP contribution in [0.3, 0.4) is 0 Å². The van der Waals surface area contributed by atoms with Gasteiger partial charge in [-0.2, -0.15) is 0 Å². The van der Waals surface area contributed by atoms with Crippen LogP contribution in [-0.4, -0.2) is 33.2 Å². The van der Waals surface area contributed by atoms with E-state index in [1.54, 1.807) is 17.5 Å². The fourth-order valence-electron chi connectivity index (χ4n) is 2.98. The van der Waals surface area contributed by atoms with Crippen LogP contribution >= 0.6 is 11.3 Å². The fourth-order valence-corrected chi connectivity index (χ4v) is 4.02. The van der Waals surface area contributed by atoms with Crippen LogP contribution in [0.15, 0.2) is 54.7 Å². The number of fused-ring (bicyclic) bond motifs is 1. The number of aliphatic hydroxyl groups is 1. The molecule has 0 bridgehead atoms. The summed E-state index contributed by atoms with van der Waals surface area (Å²) in [6, 6.07) is 15.9. The Morgan fingerprint density at radius 2 is 1.85 bits per heavy atom. The number of pyridine rings is 1. The number of nitrogens with zero attached hydrogens (tertiary/aromatic N) is 3. The minimum Gasteiger partial charge on any atom is -0.395 e. The Hall–Kier alpha value is -2.83. The molecule has 0 atom stereocenters. The molecule has 4 aromatic rings. The van der Waals surface area contributed by atoms with E-state index in [-0.39, 0.29) is 6.61 Å². The number of aromatic nitrogens is 3. The van der Waals surface area contributed by atoms with Crippen LogP contribution in [-0.2, 0) is 0 Å². The maximum absolute atomic E-state index is 9.26. The molecule has 0 aliphatic carbocycles. The number of rotatable bonds is 5. The van der Waals surface area contributed by atoms with Crippen LogP contribution in [0.5, 0.6) is 0 Å². The van der Waals surface area contributed by atoms with Crippen molar-refractivity contribution in [1.82, 2.24) is 15.0 Å². The van der Waals surface area contributed by atoms with E-state index < -0.39 is 0 Å². The quantitative estimate of drug-likeness (QED) is 0.558. The predicted molar refractivity (Wildman–Crippen MR) is 106 cm³/mol. The molecule has 4 rings (SSSR count). The highest BCUT2D eigenvalue weighted by Gasteiger charge is 2.19. The van der Waals surface area contributed by atoms with E-state index in [0.717, 1.165) is 32.9 Å². The van der Waals surface area contributed by atoms with Crippen LogP contribution in [0.1, 0.15) is 4.88 Å². The summed E-state index contributed by atoms with van der Waals surface area (Å²) in [7, 11) is 0. The van der Waals surface area contributed by atoms with E-state index in [2.05, 4.69) is 29.4 Å². The Kier molecular flexibility index (Phi) is 4.60. The number of anilines is 1. The summed E-state index contributed by atoms with van der Waals surface area (Å²) in [5.41, 5.74) is 3.00. The van der Waals surface area contributed by atoms with Gasteiger partial charge in [0.05, 0.1) is 12.0 Å². The highest BCUT2D eigenvalue weighted by molar-refractivity contribution is 7.19. The van der Waals surface area contributed by atoms with Crippen LogP contribution in [0.4, 0.5) is 5.82 Å². The standard InChI is InChI=1S/C20H18N4OS/c1-13-16(14-7-3-2-4-8-14)17-19(22-11-12-25)23-18(24-20(17)26-13)15-9-5-6-10-21-15/h2-10,25H,11-12H2,1H3,(H,22,23,24). The molecule has 5 nitrogen and oxygen atoms in total. The summed E-state index contributed by atoms with van der Waals surface area (Å²) in [5.74, 6) is 1.31. The molecule has 6 heteroatoms. The van der Waals surface area contributed by atoms with Crippen molar-refractivity contribution in [3.05, 3.63) is 59.6 Å². The van der Waals surface area contributed by atoms with Gasteiger partial charge in [0.25, 0.3) is 0 Å². The van der Waals surface area contributed by atoms with Crippen molar-refractivity contribution < 1.29 is 5.11 Å². The number of thiophene rings is 1. The van der Waals surface area contributed by atoms with Gasteiger partial charge in [0, 0.05) is 23.2 Å². The minimum absolute atomic E-state index is 0.0359. The molecule has 3 aromatic heterocycles. The average molecular weight is 362 g/mol. The third kappa shape index (κ3) is 3.05. The van der Waals surface area contributed by atoms with Crippen LogP contribution in [0.25, 0.3) is 32.9 Å². The number of benzene rings is 1. The maximum atomic E-state index is 9.26. The van der Waals surface area contributed by atoms with Crippen molar-refractivity contribution in [2.24, 2.45) is 0 Å². The Labute approximate surface area is 155 Å². The van der Waals surface area contributed by atoms with Crippen molar-refractivity contribution in [1.29, 1.82) is 0 Å². The lowest BCUT2D eigenvalue weighted by Crippen LogP contribution is -2.08. The summed E-state index contributed by atoms with van der Waals surface area (Å²) in [6.45, 7) is 2.57. The van der Waals surface area contributed by atoms with Gasteiger partial charge in [-0.05, 0) is 24.6 Å². The smallest absolute Gasteiger partial charge is 0.181 e. The van der Waals surface area contributed by atoms with Gasteiger partial charge in [-0.15, -0.1) is 11.3 Å². The van der Waals surface area contributed by atoms with Crippen LogP contribution in [0.2, 0.25) is 0 Å². The van der Waals surface area contributed by atoms with Gasteiger partial charge in [-0.3, -0.25) is 4.98 Å². The molecule has 0 aliphatic heterocycles. The molecular formula is C20H18N4OS. The molecule has 0 amide bonds. The molecule has 1 aromatic carbocycles. The molecule has 0 saturated heterocycles. The highest BCUT2D eigenvalue weighted by atomic mass is 32.1. The largest absolute Gasteiger partial charge is 0.395 e. The second kappa shape index (κ2) is 7.19. The first-order valence-electron chi connectivity index (χ1n) is 8.40. The molecule has 3 heterocycles. The van der Waals surface area contributed by atoms with Gasteiger partial charge < -0.3 is 10.4 Å². The van der Waals surface area contributed by atoms with Gasteiger partial charge in [0.1, 0.15) is 16.3 Å². The van der Waals surface area contributed by atoms with Gasteiger partial charge in [-0.25, -0.2) is 9.97 Å². The normalized spacial score (nSPS) is 11.0.